The first-order valence-corrected chi connectivity index (χ1v) is 21.5. The molecule has 1 aliphatic heterocycles. The molecule has 0 aliphatic carbocycles. The Kier molecular flexibility index (Phi) is 16.0. The summed E-state index contributed by atoms with van der Waals surface area (Å²) in [6.45, 7) is 8.28. The summed E-state index contributed by atoms with van der Waals surface area (Å²) in [5, 5.41) is 12.1. The quantitative estimate of drug-likeness (QED) is 0.0457. The highest BCUT2D eigenvalue weighted by atomic mass is 31.2. The van der Waals surface area contributed by atoms with Crippen LogP contribution in [-0.4, -0.2) is 85.1 Å². The van der Waals surface area contributed by atoms with Gasteiger partial charge in [-0.25, -0.2) is 9.46 Å². The van der Waals surface area contributed by atoms with Crippen LogP contribution in [0.3, 0.4) is 0 Å². The van der Waals surface area contributed by atoms with Crippen LogP contribution in [0, 0.1) is 11.3 Å². The Bertz CT molecular complexity index is 2230. The minimum absolute atomic E-state index is 0.00153. The zero-order valence-electron chi connectivity index (χ0n) is 36.0. The van der Waals surface area contributed by atoms with Crippen molar-refractivity contribution in [1.29, 1.82) is 5.26 Å². The Morgan fingerprint density at radius 2 is 1.40 bits per heavy atom. The van der Waals surface area contributed by atoms with E-state index in [1.54, 1.807) is 38.5 Å². The molecule has 1 N–H and O–H groups in total. The van der Waals surface area contributed by atoms with Gasteiger partial charge in [-0.1, -0.05) is 72.8 Å². The molecule has 326 valence electrons. The SMILES string of the molecule is COc1ccc(C(OC[C@H]2O[C@@H](n3ccc(NC(=O)c4ccccc4)nc3=O)[C@H](OC)[C@@H]2OP(OCCC#N)N(C(C)C)C(C)C)(c2ccccc2)c2ccc(OC)cc2)cc1. The number of ether oxygens (including phenoxy) is 5. The Hall–Kier alpha value is -5.49. The summed E-state index contributed by atoms with van der Waals surface area (Å²) in [6.07, 6.45) is -1.99. The van der Waals surface area contributed by atoms with Gasteiger partial charge < -0.3 is 38.0 Å². The molecular formula is C47H54N5O9P. The monoisotopic (exact) mass is 863 g/mol. The molecule has 2 heterocycles. The third kappa shape index (κ3) is 10.4. The lowest BCUT2D eigenvalue weighted by Gasteiger charge is -2.39. The van der Waals surface area contributed by atoms with E-state index in [1.807, 2.05) is 84.9 Å². The lowest BCUT2D eigenvalue weighted by Crippen LogP contribution is -2.43. The van der Waals surface area contributed by atoms with Crippen molar-refractivity contribution in [1.82, 2.24) is 14.2 Å². The van der Waals surface area contributed by atoms with Crippen molar-refractivity contribution < 1.29 is 37.5 Å². The van der Waals surface area contributed by atoms with Gasteiger partial charge >= 0.3 is 5.69 Å². The highest BCUT2D eigenvalue weighted by molar-refractivity contribution is 7.44. The van der Waals surface area contributed by atoms with Crippen LogP contribution in [-0.2, 0) is 28.9 Å². The van der Waals surface area contributed by atoms with Crippen LogP contribution in [0.2, 0.25) is 0 Å². The molecule has 14 nitrogen and oxygen atoms in total. The smallest absolute Gasteiger partial charge is 0.351 e. The molecule has 1 amide bonds. The van der Waals surface area contributed by atoms with E-state index in [9.17, 15) is 14.9 Å². The number of carbonyl (C=O) groups excluding carboxylic acids is 1. The first-order chi connectivity index (χ1) is 30.0. The summed E-state index contributed by atoms with van der Waals surface area (Å²) >= 11 is 0. The van der Waals surface area contributed by atoms with E-state index in [1.165, 1.54) is 23.9 Å². The zero-order valence-corrected chi connectivity index (χ0v) is 36.9. The van der Waals surface area contributed by atoms with Crippen LogP contribution in [0.15, 0.2) is 126 Å². The number of nitrogens with zero attached hydrogens (tertiary/aromatic N) is 4. The molecule has 0 radical (unpaired) electrons. The normalized spacial score (nSPS) is 18.1. The number of rotatable bonds is 20. The topological polar surface area (TPSA) is 156 Å². The summed E-state index contributed by atoms with van der Waals surface area (Å²) in [6, 6.07) is 37.6. The van der Waals surface area contributed by atoms with Gasteiger partial charge in [-0.15, -0.1) is 0 Å². The van der Waals surface area contributed by atoms with E-state index < -0.39 is 50.3 Å². The number of nitriles is 1. The summed E-state index contributed by atoms with van der Waals surface area (Å²) in [4.78, 5) is 31.0. The van der Waals surface area contributed by atoms with Gasteiger partial charge in [0, 0.05) is 31.0 Å². The van der Waals surface area contributed by atoms with Crippen molar-refractivity contribution in [3.8, 4) is 17.6 Å². The van der Waals surface area contributed by atoms with Crippen LogP contribution < -0.4 is 20.5 Å². The van der Waals surface area contributed by atoms with Crippen LogP contribution in [0.25, 0.3) is 0 Å². The third-order valence-corrected chi connectivity index (χ3v) is 12.6. The molecule has 1 aliphatic rings. The van der Waals surface area contributed by atoms with Crippen LogP contribution in [0.5, 0.6) is 11.5 Å². The number of hydrogen-bond donors (Lipinski definition) is 1. The highest BCUT2D eigenvalue weighted by Gasteiger charge is 2.51. The van der Waals surface area contributed by atoms with E-state index >= 15 is 0 Å². The number of benzene rings is 4. The average molecular weight is 864 g/mol. The lowest BCUT2D eigenvalue weighted by molar-refractivity contribution is -0.0957. The maximum Gasteiger partial charge on any atom is 0.351 e. The first-order valence-electron chi connectivity index (χ1n) is 20.4. The zero-order chi connectivity index (χ0) is 44.2. The van der Waals surface area contributed by atoms with Crippen molar-refractivity contribution in [3.05, 3.63) is 154 Å². The molecule has 1 aromatic heterocycles. The van der Waals surface area contributed by atoms with E-state index in [0.717, 1.165) is 16.7 Å². The predicted molar refractivity (Wildman–Crippen MR) is 236 cm³/mol. The van der Waals surface area contributed by atoms with Gasteiger partial charge in [-0.05, 0) is 86.8 Å². The molecule has 1 saturated heterocycles. The Morgan fingerprint density at radius 1 is 0.839 bits per heavy atom. The van der Waals surface area contributed by atoms with Crippen LogP contribution in [0.1, 0.15) is 67.4 Å². The molecule has 5 atom stereocenters. The second-order valence-corrected chi connectivity index (χ2v) is 16.4. The van der Waals surface area contributed by atoms with Gasteiger partial charge in [-0.2, -0.15) is 10.2 Å². The number of nitrogens with one attached hydrogen (secondary N) is 1. The fourth-order valence-electron chi connectivity index (χ4n) is 7.58. The van der Waals surface area contributed by atoms with E-state index in [2.05, 4.69) is 48.7 Å². The minimum atomic E-state index is -1.81. The predicted octanol–water partition coefficient (Wildman–Crippen LogP) is 8.10. The minimum Gasteiger partial charge on any atom is -0.497 e. The van der Waals surface area contributed by atoms with Crippen molar-refractivity contribution in [2.45, 2.75) is 76.3 Å². The fraction of sp³-hybridized carbons (Fsp3) is 0.362. The largest absolute Gasteiger partial charge is 0.497 e. The van der Waals surface area contributed by atoms with E-state index in [4.69, 9.17) is 32.7 Å². The summed E-state index contributed by atoms with van der Waals surface area (Å²) < 4.78 is 48.3. The Labute approximate surface area is 364 Å². The second kappa shape index (κ2) is 21.5. The van der Waals surface area contributed by atoms with Gasteiger partial charge in [0.25, 0.3) is 14.4 Å². The average Bonchev–Trinajstić information content (AvgIpc) is 3.63. The van der Waals surface area contributed by atoms with Crippen molar-refractivity contribution in [2.24, 2.45) is 0 Å². The van der Waals surface area contributed by atoms with Crippen molar-refractivity contribution >= 4 is 20.3 Å². The molecule has 1 unspecified atom stereocenters. The van der Waals surface area contributed by atoms with Crippen molar-refractivity contribution in [3.63, 3.8) is 0 Å². The molecule has 4 aromatic carbocycles. The van der Waals surface area contributed by atoms with E-state index in [0.29, 0.717) is 17.1 Å². The molecule has 0 spiro atoms. The maximum atomic E-state index is 13.9. The van der Waals surface area contributed by atoms with Gasteiger partial charge in [0.1, 0.15) is 41.2 Å². The molecule has 62 heavy (non-hydrogen) atoms. The lowest BCUT2D eigenvalue weighted by atomic mass is 9.80. The molecule has 0 saturated carbocycles. The fourth-order valence-corrected chi connectivity index (χ4v) is 9.35. The van der Waals surface area contributed by atoms with Gasteiger partial charge in [0.15, 0.2) is 6.23 Å². The molecule has 15 heteroatoms. The molecule has 1 fully saturated rings. The van der Waals surface area contributed by atoms with Crippen LogP contribution >= 0.6 is 8.53 Å². The van der Waals surface area contributed by atoms with Gasteiger partial charge in [-0.3, -0.25) is 9.36 Å². The number of methoxy groups -OCH3 is 3. The van der Waals surface area contributed by atoms with Crippen molar-refractivity contribution in [2.75, 3.05) is 39.9 Å². The number of carbonyl (C=O) groups is 1. The summed E-state index contributed by atoms with van der Waals surface area (Å²) in [5.41, 5.74) is 0.990. The van der Waals surface area contributed by atoms with Crippen LogP contribution in [0.4, 0.5) is 5.82 Å². The number of aromatic nitrogens is 2. The van der Waals surface area contributed by atoms with E-state index in [-0.39, 0.29) is 37.5 Å². The second-order valence-electron chi connectivity index (χ2n) is 15.0. The summed E-state index contributed by atoms with van der Waals surface area (Å²) in [5.74, 6) is 1.02. The molecule has 5 aromatic rings. The number of hydrogen-bond acceptors (Lipinski definition) is 12. The third-order valence-electron chi connectivity index (χ3n) is 10.5. The Balaban J connectivity index is 1.44. The number of anilines is 1. The molecule has 6 rings (SSSR count). The van der Waals surface area contributed by atoms with Gasteiger partial charge in [0.05, 0.1) is 39.9 Å². The molecular weight excluding hydrogens is 810 g/mol. The standard InChI is InChI=1S/C47H54N5O9P/c1-32(2)52(33(3)4)62(59-30-14-28-48)61-42-40(60-45(43(42)57-7)51-29-27-41(50-46(51)54)49-44(53)34-15-10-8-11-16-34)31-58-47(35-17-12-9-13-18-35,36-19-23-38(55-5)24-20-36)37-21-25-39(56-6)26-22-37/h8-13,15-27,29,32-33,40,42-43,45H,14,30-31H2,1-7H3,(H,49,50,53,54)/t40-,42-,43-,45-,62?/m1/s1. The Morgan fingerprint density at radius 3 is 1.92 bits per heavy atom. The maximum absolute atomic E-state index is 13.9. The summed E-state index contributed by atoms with van der Waals surface area (Å²) in [7, 11) is 2.95. The first kappa shape index (κ1) is 46.0. The highest BCUT2D eigenvalue weighted by Crippen LogP contribution is 2.51. The number of amides is 1. The van der Waals surface area contributed by atoms with Gasteiger partial charge in [0.2, 0.25) is 0 Å². The molecule has 0 bridgehead atoms.